The summed E-state index contributed by atoms with van der Waals surface area (Å²) in [7, 11) is 0. The second-order valence-electron chi connectivity index (χ2n) is 5.65. The summed E-state index contributed by atoms with van der Waals surface area (Å²) in [5.41, 5.74) is 0.908. The molecule has 1 aromatic carbocycles. The Labute approximate surface area is 120 Å². The van der Waals surface area contributed by atoms with Gasteiger partial charge in [0.25, 0.3) is 0 Å². The van der Waals surface area contributed by atoms with Crippen LogP contribution in [0.1, 0.15) is 38.2 Å². The topological polar surface area (TPSA) is 41.1 Å². The van der Waals surface area contributed by atoms with Gasteiger partial charge in [0, 0.05) is 12.6 Å². The van der Waals surface area contributed by atoms with Gasteiger partial charge in [-0.25, -0.2) is 4.39 Å². The summed E-state index contributed by atoms with van der Waals surface area (Å²) in [5, 5.41) is 6.19. The predicted molar refractivity (Wildman–Crippen MR) is 77.7 cm³/mol. The van der Waals surface area contributed by atoms with Crippen molar-refractivity contribution in [3.8, 4) is 0 Å². The molecule has 0 heterocycles. The Kier molecular flexibility index (Phi) is 5.53. The van der Waals surface area contributed by atoms with E-state index in [9.17, 15) is 9.18 Å². The van der Waals surface area contributed by atoms with Crippen LogP contribution in [-0.4, -0.2) is 18.5 Å². The molecular formula is C16H23FN2O. The SMILES string of the molecule is CC1CCCCC1NCC(=O)NCc1ccc(F)cc1. The molecule has 2 atom stereocenters. The molecule has 1 aromatic rings. The van der Waals surface area contributed by atoms with Crippen LogP contribution in [0.4, 0.5) is 4.39 Å². The van der Waals surface area contributed by atoms with Crippen LogP contribution in [0, 0.1) is 11.7 Å². The highest BCUT2D eigenvalue weighted by atomic mass is 19.1. The molecule has 0 saturated heterocycles. The van der Waals surface area contributed by atoms with E-state index in [1.54, 1.807) is 12.1 Å². The number of carbonyl (C=O) groups is 1. The fourth-order valence-corrected chi connectivity index (χ4v) is 2.71. The molecule has 1 aliphatic carbocycles. The Morgan fingerprint density at radius 1 is 1.25 bits per heavy atom. The van der Waals surface area contributed by atoms with Gasteiger partial charge in [0.05, 0.1) is 6.54 Å². The zero-order chi connectivity index (χ0) is 14.4. The fraction of sp³-hybridized carbons (Fsp3) is 0.562. The molecule has 1 fully saturated rings. The molecule has 1 aliphatic rings. The minimum absolute atomic E-state index is 0.00732. The highest BCUT2D eigenvalue weighted by molar-refractivity contribution is 5.78. The molecule has 1 amide bonds. The van der Waals surface area contributed by atoms with Gasteiger partial charge in [0.1, 0.15) is 5.82 Å². The number of amides is 1. The molecule has 2 unspecified atom stereocenters. The normalized spacial score (nSPS) is 22.5. The van der Waals surface area contributed by atoms with Crippen LogP contribution >= 0.6 is 0 Å². The van der Waals surface area contributed by atoms with Gasteiger partial charge in [0.2, 0.25) is 5.91 Å². The van der Waals surface area contributed by atoms with E-state index in [2.05, 4.69) is 17.6 Å². The molecule has 2 rings (SSSR count). The molecule has 0 bridgehead atoms. The van der Waals surface area contributed by atoms with Crippen LogP contribution in [0.15, 0.2) is 24.3 Å². The first kappa shape index (κ1) is 15.0. The van der Waals surface area contributed by atoms with Gasteiger partial charge < -0.3 is 10.6 Å². The first-order chi connectivity index (χ1) is 9.65. The highest BCUT2D eigenvalue weighted by Gasteiger charge is 2.21. The first-order valence-electron chi connectivity index (χ1n) is 7.39. The maximum atomic E-state index is 12.8. The number of hydrogen-bond donors (Lipinski definition) is 2. The minimum atomic E-state index is -0.256. The molecule has 2 N–H and O–H groups in total. The number of nitrogens with one attached hydrogen (secondary N) is 2. The predicted octanol–water partition coefficient (Wildman–Crippen LogP) is 2.61. The third-order valence-corrected chi connectivity index (χ3v) is 4.04. The monoisotopic (exact) mass is 278 g/mol. The summed E-state index contributed by atoms with van der Waals surface area (Å²) < 4.78 is 12.8. The van der Waals surface area contributed by atoms with Crippen LogP contribution in [0.25, 0.3) is 0 Å². The molecule has 4 heteroatoms. The molecule has 0 spiro atoms. The summed E-state index contributed by atoms with van der Waals surface area (Å²) in [6, 6.07) is 6.64. The third-order valence-electron chi connectivity index (χ3n) is 4.04. The lowest BCUT2D eigenvalue weighted by molar-refractivity contribution is -0.120. The molecule has 20 heavy (non-hydrogen) atoms. The first-order valence-corrected chi connectivity index (χ1v) is 7.39. The Balaban J connectivity index is 1.68. The fourth-order valence-electron chi connectivity index (χ4n) is 2.71. The van der Waals surface area contributed by atoms with Crippen molar-refractivity contribution in [3.63, 3.8) is 0 Å². The molecule has 3 nitrogen and oxygen atoms in total. The van der Waals surface area contributed by atoms with Gasteiger partial charge in [-0.2, -0.15) is 0 Å². The second kappa shape index (κ2) is 7.39. The van der Waals surface area contributed by atoms with E-state index in [4.69, 9.17) is 0 Å². The quantitative estimate of drug-likeness (QED) is 0.869. The molecule has 0 aromatic heterocycles. The van der Waals surface area contributed by atoms with Crippen molar-refractivity contribution in [1.82, 2.24) is 10.6 Å². The van der Waals surface area contributed by atoms with Crippen LogP contribution in [0.5, 0.6) is 0 Å². The van der Waals surface area contributed by atoms with E-state index in [1.165, 1.54) is 31.4 Å². The number of hydrogen-bond acceptors (Lipinski definition) is 2. The van der Waals surface area contributed by atoms with Crippen LogP contribution in [0.3, 0.4) is 0 Å². The Bertz CT molecular complexity index is 433. The summed E-state index contributed by atoms with van der Waals surface area (Å²) in [4.78, 5) is 11.8. The standard InChI is InChI=1S/C16H23FN2O/c1-12-4-2-3-5-15(12)18-11-16(20)19-10-13-6-8-14(17)9-7-13/h6-9,12,15,18H,2-5,10-11H2,1H3,(H,19,20). The zero-order valence-electron chi connectivity index (χ0n) is 12.0. The molecule has 0 radical (unpaired) electrons. The van der Waals surface area contributed by atoms with Gasteiger partial charge in [-0.1, -0.05) is 31.9 Å². The third kappa shape index (κ3) is 4.60. The smallest absolute Gasteiger partial charge is 0.234 e. The van der Waals surface area contributed by atoms with Gasteiger partial charge in [-0.05, 0) is 36.5 Å². The van der Waals surface area contributed by atoms with Crippen LogP contribution in [0.2, 0.25) is 0 Å². The number of carbonyl (C=O) groups excluding carboxylic acids is 1. The molecule has 1 saturated carbocycles. The zero-order valence-corrected chi connectivity index (χ0v) is 12.0. The van der Waals surface area contributed by atoms with Crippen molar-refractivity contribution in [3.05, 3.63) is 35.6 Å². The summed E-state index contributed by atoms with van der Waals surface area (Å²) in [6.07, 6.45) is 4.95. The van der Waals surface area contributed by atoms with Crippen molar-refractivity contribution in [2.45, 2.75) is 45.2 Å². The second-order valence-corrected chi connectivity index (χ2v) is 5.65. The van der Waals surface area contributed by atoms with Crippen LogP contribution < -0.4 is 10.6 Å². The van der Waals surface area contributed by atoms with Gasteiger partial charge in [0.15, 0.2) is 0 Å². The van der Waals surface area contributed by atoms with E-state index >= 15 is 0 Å². The van der Waals surface area contributed by atoms with Crippen LogP contribution in [-0.2, 0) is 11.3 Å². The Hall–Kier alpha value is -1.42. The molecule has 0 aliphatic heterocycles. The molecule has 110 valence electrons. The lowest BCUT2D eigenvalue weighted by atomic mass is 9.86. The van der Waals surface area contributed by atoms with Gasteiger partial charge in [-0.15, -0.1) is 0 Å². The van der Waals surface area contributed by atoms with Crippen molar-refractivity contribution in [2.24, 2.45) is 5.92 Å². The number of halogens is 1. The number of rotatable bonds is 5. The Morgan fingerprint density at radius 3 is 2.65 bits per heavy atom. The lowest BCUT2D eigenvalue weighted by Crippen LogP contribution is -2.43. The summed E-state index contributed by atoms with van der Waals surface area (Å²) in [5.74, 6) is 0.383. The average Bonchev–Trinajstić information content (AvgIpc) is 2.46. The maximum Gasteiger partial charge on any atom is 0.234 e. The molecular weight excluding hydrogens is 255 g/mol. The lowest BCUT2D eigenvalue weighted by Gasteiger charge is -2.29. The van der Waals surface area contributed by atoms with Gasteiger partial charge >= 0.3 is 0 Å². The van der Waals surface area contributed by atoms with Crippen molar-refractivity contribution in [1.29, 1.82) is 0 Å². The summed E-state index contributed by atoms with van der Waals surface area (Å²) in [6.45, 7) is 3.05. The number of benzene rings is 1. The van der Waals surface area contributed by atoms with E-state index < -0.39 is 0 Å². The van der Waals surface area contributed by atoms with E-state index in [-0.39, 0.29) is 11.7 Å². The Morgan fingerprint density at radius 2 is 1.95 bits per heavy atom. The van der Waals surface area contributed by atoms with E-state index in [0.29, 0.717) is 25.0 Å². The van der Waals surface area contributed by atoms with Crippen molar-refractivity contribution >= 4 is 5.91 Å². The van der Waals surface area contributed by atoms with Crippen molar-refractivity contribution in [2.75, 3.05) is 6.54 Å². The van der Waals surface area contributed by atoms with Crippen molar-refractivity contribution < 1.29 is 9.18 Å². The van der Waals surface area contributed by atoms with E-state index in [1.807, 2.05) is 0 Å². The summed E-state index contributed by atoms with van der Waals surface area (Å²) >= 11 is 0. The van der Waals surface area contributed by atoms with Gasteiger partial charge in [-0.3, -0.25) is 4.79 Å². The minimum Gasteiger partial charge on any atom is -0.351 e. The van der Waals surface area contributed by atoms with E-state index in [0.717, 1.165) is 12.0 Å². The maximum absolute atomic E-state index is 12.8. The average molecular weight is 278 g/mol. The largest absolute Gasteiger partial charge is 0.351 e. The highest BCUT2D eigenvalue weighted by Crippen LogP contribution is 2.23.